The molecule has 3 aromatic rings. The smallest absolute Gasteiger partial charge is 0.306 e. The van der Waals surface area contributed by atoms with Crippen molar-refractivity contribution in [3.63, 3.8) is 0 Å². The summed E-state index contributed by atoms with van der Waals surface area (Å²) >= 11 is 0. The number of alkyl halides is 3. The molecule has 0 unspecified atom stereocenters. The molecule has 0 amide bonds. The van der Waals surface area contributed by atoms with E-state index in [4.69, 9.17) is 0 Å². The maximum Gasteiger partial charge on any atom is 0.416 e. The van der Waals surface area contributed by atoms with Crippen molar-refractivity contribution in [1.82, 2.24) is 9.55 Å². The summed E-state index contributed by atoms with van der Waals surface area (Å²) in [7, 11) is 0. The summed E-state index contributed by atoms with van der Waals surface area (Å²) in [5.41, 5.74) is 0.347. The number of nitrogens with one attached hydrogen (secondary N) is 1. The van der Waals surface area contributed by atoms with Crippen LogP contribution in [0.1, 0.15) is 11.1 Å². The highest BCUT2D eigenvalue weighted by atomic mass is 19.4. The Balaban J connectivity index is 2.08. The van der Waals surface area contributed by atoms with E-state index in [9.17, 15) is 18.0 Å². The second kappa shape index (κ2) is 4.80. The van der Waals surface area contributed by atoms with Gasteiger partial charge in [-0.2, -0.15) is 13.2 Å². The molecule has 6 heteroatoms. The molecule has 0 aliphatic rings. The second-order valence-corrected chi connectivity index (χ2v) is 4.73. The normalized spacial score (nSPS) is 12.0. The molecule has 108 valence electrons. The van der Waals surface area contributed by atoms with Gasteiger partial charge in [-0.25, -0.2) is 4.79 Å². The Kier molecular flexibility index (Phi) is 3.08. The number of benzene rings is 2. The van der Waals surface area contributed by atoms with Gasteiger partial charge in [0.05, 0.1) is 23.1 Å². The minimum atomic E-state index is -4.42. The quantitative estimate of drug-likeness (QED) is 0.772. The lowest BCUT2D eigenvalue weighted by molar-refractivity contribution is -0.137. The minimum absolute atomic E-state index is 0.186. The maximum absolute atomic E-state index is 12.7. The summed E-state index contributed by atoms with van der Waals surface area (Å²) < 4.78 is 39.4. The van der Waals surface area contributed by atoms with E-state index in [1.54, 1.807) is 0 Å². The lowest BCUT2D eigenvalue weighted by atomic mass is 10.2. The van der Waals surface area contributed by atoms with Crippen LogP contribution in [0, 0.1) is 0 Å². The van der Waals surface area contributed by atoms with Gasteiger partial charge >= 0.3 is 11.9 Å². The van der Waals surface area contributed by atoms with Crippen molar-refractivity contribution in [2.24, 2.45) is 0 Å². The van der Waals surface area contributed by atoms with Crippen LogP contribution in [-0.4, -0.2) is 9.55 Å². The predicted octanol–water partition coefficient (Wildman–Crippen LogP) is 3.40. The highest BCUT2D eigenvalue weighted by Gasteiger charge is 2.30. The van der Waals surface area contributed by atoms with Gasteiger partial charge in [-0.05, 0) is 23.8 Å². The third-order valence-electron chi connectivity index (χ3n) is 3.28. The summed E-state index contributed by atoms with van der Waals surface area (Å²) in [6.07, 6.45) is -4.42. The number of nitrogens with zero attached hydrogens (tertiary/aromatic N) is 1. The van der Waals surface area contributed by atoms with Gasteiger partial charge in [-0.15, -0.1) is 0 Å². The first-order chi connectivity index (χ1) is 9.95. The minimum Gasteiger partial charge on any atom is -0.306 e. The van der Waals surface area contributed by atoms with Gasteiger partial charge in [-0.3, -0.25) is 4.57 Å². The molecule has 3 rings (SSSR count). The first-order valence-corrected chi connectivity index (χ1v) is 6.29. The van der Waals surface area contributed by atoms with Crippen molar-refractivity contribution in [3.8, 4) is 0 Å². The molecule has 0 spiro atoms. The predicted molar refractivity (Wildman–Crippen MR) is 73.1 cm³/mol. The van der Waals surface area contributed by atoms with E-state index in [2.05, 4.69) is 4.98 Å². The first-order valence-electron chi connectivity index (χ1n) is 6.29. The van der Waals surface area contributed by atoms with Crippen LogP contribution in [0.15, 0.2) is 53.3 Å². The van der Waals surface area contributed by atoms with Gasteiger partial charge in [0.1, 0.15) is 0 Å². The van der Waals surface area contributed by atoms with E-state index >= 15 is 0 Å². The van der Waals surface area contributed by atoms with Gasteiger partial charge in [-0.1, -0.05) is 30.3 Å². The van der Waals surface area contributed by atoms with Gasteiger partial charge in [0.15, 0.2) is 0 Å². The van der Waals surface area contributed by atoms with Crippen molar-refractivity contribution in [2.75, 3.05) is 0 Å². The largest absolute Gasteiger partial charge is 0.416 e. The number of rotatable bonds is 2. The molecule has 0 bridgehead atoms. The van der Waals surface area contributed by atoms with Gasteiger partial charge in [0, 0.05) is 0 Å². The van der Waals surface area contributed by atoms with E-state index in [0.717, 1.165) is 17.7 Å². The SMILES string of the molecule is O=c1[nH]c2cc(C(F)(F)F)ccc2n1Cc1ccccc1. The number of hydrogen-bond acceptors (Lipinski definition) is 1. The fourth-order valence-corrected chi connectivity index (χ4v) is 2.26. The average Bonchev–Trinajstić information content (AvgIpc) is 2.75. The Morgan fingerprint density at radius 3 is 2.43 bits per heavy atom. The van der Waals surface area contributed by atoms with Crippen LogP contribution in [0.3, 0.4) is 0 Å². The first kappa shape index (κ1) is 13.5. The lowest BCUT2D eigenvalue weighted by Gasteiger charge is -2.07. The fourth-order valence-electron chi connectivity index (χ4n) is 2.26. The van der Waals surface area contributed by atoms with Crippen LogP contribution in [0.2, 0.25) is 0 Å². The summed E-state index contributed by atoms with van der Waals surface area (Å²) in [5.74, 6) is 0. The number of hydrogen-bond donors (Lipinski definition) is 1. The molecular formula is C15H11F3N2O. The van der Waals surface area contributed by atoms with E-state index in [1.807, 2.05) is 30.3 Å². The Bertz CT molecular complexity index is 831. The Hall–Kier alpha value is -2.50. The summed E-state index contributed by atoms with van der Waals surface area (Å²) in [6, 6.07) is 12.5. The zero-order valence-corrected chi connectivity index (χ0v) is 10.8. The third kappa shape index (κ3) is 2.56. The second-order valence-electron chi connectivity index (χ2n) is 4.73. The van der Waals surface area contributed by atoms with Crippen LogP contribution >= 0.6 is 0 Å². The number of halogens is 3. The standard InChI is InChI=1S/C15H11F3N2O/c16-15(17,18)11-6-7-13-12(8-11)19-14(21)20(13)9-10-4-2-1-3-5-10/h1-8H,9H2,(H,19,21). The van der Waals surface area contributed by atoms with Crippen LogP contribution in [-0.2, 0) is 12.7 Å². The van der Waals surface area contributed by atoms with Crippen molar-refractivity contribution in [3.05, 3.63) is 70.1 Å². The summed E-state index contributed by atoms with van der Waals surface area (Å²) in [4.78, 5) is 14.4. The Morgan fingerprint density at radius 1 is 1.05 bits per heavy atom. The summed E-state index contributed by atoms with van der Waals surface area (Å²) in [5, 5.41) is 0. The van der Waals surface area contributed by atoms with Crippen LogP contribution in [0.4, 0.5) is 13.2 Å². The van der Waals surface area contributed by atoms with Crippen molar-refractivity contribution in [1.29, 1.82) is 0 Å². The van der Waals surface area contributed by atoms with E-state index in [0.29, 0.717) is 12.1 Å². The van der Waals surface area contributed by atoms with E-state index in [-0.39, 0.29) is 5.52 Å². The molecule has 0 saturated carbocycles. The zero-order chi connectivity index (χ0) is 15.0. The van der Waals surface area contributed by atoms with Crippen molar-refractivity contribution < 1.29 is 13.2 Å². The summed E-state index contributed by atoms with van der Waals surface area (Å²) in [6.45, 7) is 0.311. The molecule has 0 saturated heterocycles. The molecule has 1 heterocycles. The topological polar surface area (TPSA) is 37.8 Å². The molecule has 0 fully saturated rings. The lowest BCUT2D eigenvalue weighted by Crippen LogP contribution is -2.17. The molecule has 1 N–H and O–H groups in total. The molecule has 2 aromatic carbocycles. The number of fused-ring (bicyclic) bond motifs is 1. The van der Waals surface area contributed by atoms with Gasteiger partial charge in [0.2, 0.25) is 0 Å². The van der Waals surface area contributed by atoms with Crippen molar-refractivity contribution in [2.45, 2.75) is 12.7 Å². The van der Waals surface area contributed by atoms with E-state index < -0.39 is 17.4 Å². The third-order valence-corrected chi connectivity index (χ3v) is 3.28. The fraction of sp³-hybridized carbons (Fsp3) is 0.133. The maximum atomic E-state index is 12.7. The van der Waals surface area contributed by atoms with Crippen LogP contribution < -0.4 is 5.69 Å². The Morgan fingerprint density at radius 2 is 1.76 bits per heavy atom. The van der Waals surface area contributed by atoms with Crippen LogP contribution in [0.5, 0.6) is 0 Å². The van der Waals surface area contributed by atoms with E-state index in [1.165, 1.54) is 10.6 Å². The average molecular weight is 292 g/mol. The van der Waals surface area contributed by atoms with Gasteiger partial charge < -0.3 is 4.98 Å². The molecule has 0 aliphatic heterocycles. The molecule has 21 heavy (non-hydrogen) atoms. The highest BCUT2D eigenvalue weighted by molar-refractivity contribution is 5.76. The van der Waals surface area contributed by atoms with Crippen LogP contribution in [0.25, 0.3) is 11.0 Å². The highest BCUT2D eigenvalue weighted by Crippen LogP contribution is 2.30. The molecule has 0 atom stereocenters. The molecule has 0 aliphatic carbocycles. The monoisotopic (exact) mass is 292 g/mol. The van der Waals surface area contributed by atoms with Crippen molar-refractivity contribution >= 4 is 11.0 Å². The molecular weight excluding hydrogens is 281 g/mol. The molecule has 0 radical (unpaired) electrons. The molecule has 1 aromatic heterocycles. The number of aromatic nitrogens is 2. The number of H-pyrrole nitrogens is 1. The number of aromatic amines is 1. The van der Waals surface area contributed by atoms with Gasteiger partial charge in [0.25, 0.3) is 0 Å². The Labute approximate surface area is 117 Å². The number of imidazole rings is 1. The molecule has 3 nitrogen and oxygen atoms in total. The zero-order valence-electron chi connectivity index (χ0n) is 10.8.